The number of benzene rings is 2. The van der Waals surface area contributed by atoms with E-state index in [1.807, 2.05) is 55.5 Å². The molecule has 5 nitrogen and oxygen atoms in total. The largest absolute Gasteiger partial charge is 0.322 e. The fraction of sp³-hybridized carbons (Fsp3) is 0.208. The van der Waals surface area contributed by atoms with E-state index in [1.54, 1.807) is 6.07 Å². The number of anilines is 2. The molecule has 0 spiro atoms. The normalized spacial score (nSPS) is 11.0. The summed E-state index contributed by atoms with van der Waals surface area (Å²) in [5, 5.41) is 5.78. The van der Waals surface area contributed by atoms with Gasteiger partial charge in [0.25, 0.3) is 11.8 Å². The standard InChI is InChI=1S/C24H25N3O2/c1-16-8-7-9-19(12-16)26-22(28)17-13-18(15-25-14-17)23(29)27-21-11-6-5-10-20(21)24(2,3)4/h5-15H,1-4H3,(H,26,28)(H,27,29). The van der Waals surface area contributed by atoms with E-state index in [2.05, 4.69) is 36.4 Å². The highest BCUT2D eigenvalue weighted by molar-refractivity contribution is 6.08. The van der Waals surface area contributed by atoms with E-state index in [1.165, 1.54) is 12.4 Å². The minimum Gasteiger partial charge on any atom is -0.322 e. The molecule has 0 radical (unpaired) electrons. The molecule has 1 heterocycles. The number of amides is 2. The van der Waals surface area contributed by atoms with Gasteiger partial charge in [0.1, 0.15) is 0 Å². The van der Waals surface area contributed by atoms with Crippen LogP contribution in [0.25, 0.3) is 0 Å². The first-order valence-electron chi connectivity index (χ1n) is 9.48. The van der Waals surface area contributed by atoms with Gasteiger partial charge in [-0.2, -0.15) is 0 Å². The minimum absolute atomic E-state index is 0.113. The number of carbonyl (C=O) groups is 2. The van der Waals surface area contributed by atoms with Gasteiger partial charge in [0.15, 0.2) is 0 Å². The molecule has 2 N–H and O–H groups in total. The van der Waals surface area contributed by atoms with E-state index in [-0.39, 0.29) is 17.2 Å². The maximum Gasteiger partial charge on any atom is 0.257 e. The Morgan fingerprint density at radius 2 is 1.48 bits per heavy atom. The number of aromatic nitrogens is 1. The van der Waals surface area contributed by atoms with Crippen LogP contribution in [0, 0.1) is 6.92 Å². The number of pyridine rings is 1. The Kier molecular flexibility index (Phi) is 5.78. The van der Waals surface area contributed by atoms with Crippen molar-refractivity contribution in [2.45, 2.75) is 33.1 Å². The van der Waals surface area contributed by atoms with E-state index in [0.717, 1.165) is 16.8 Å². The van der Waals surface area contributed by atoms with Gasteiger partial charge in [-0.15, -0.1) is 0 Å². The molecular formula is C24H25N3O2. The van der Waals surface area contributed by atoms with Crippen molar-refractivity contribution >= 4 is 23.2 Å². The lowest BCUT2D eigenvalue weighted by Crippen LogP contribution is -2.19. The molecule has 0 aliphatic heterocycles. The van der Waals surface area contributed by atoms with Gasteiger partial charge in [0.2, 0.25) is 0 Å². The second-order valence-corrected chi connectivity index (χ2v) is 8.04. The Morgan fingerprint density at radius 1 is 0.828 bits per heavy atom. The molecule has 0 atom stereocenters. The van der Waals surface area contributed by atoms with Crippen LogP contribution in [0.4, 0.5) is 11.4 Å². The number of aryl methyl sites for hydroxylation is 1. The summed E-state index contributed by atoms with van der Waals surface area (Å²) in [5.74, 6) is -0.618. The van der Waals surface area contributed by atoms with Crippen molar-refractivity contribution in [1.82, 2.24) is 4.98 Å². The molecule has 5 heteroatoms. The lowest BCUT2D eigenvalue weighted by molar-refractivity contribution is 0.102. The van der Waals surface area contributed by atoms with Crippen LogP contribution in [0.5, 0.6) is 0 Å². The molecule has 148 valence electrons. The van der Waals surface area contributed by atoms with Crippen molar-refractivity contribution in [3.05, 3.63) is 89.2 Å². The Hall–Kier alpha value is -3.47. The number of hydrogen-bond acceptors (Lipinski definition) is 3. The Bertz CT molecular complexity index is 1050. The van der Waals surface area contributed by atoms with Crippen LogP contribution in [0.3, 0.4) is 0 Å². The molecule has 0 aliphatic rings. The summed E-state index contributed by atoms with van der Waals surface area (Å²) in [6.45, 7) is 8.24. The number of nitrogens with zero attached hydrogens (tertiary/aromatic N) is 1. The Labute approximate surface area is 171 Å². The van der Waals surface area contributed by atoms with Gasteiger partial charge in [-0.05, 0) is 47.7 Å². The predicted octanol–water partition coefficient (Wildman–Crippen LogP) is 5.19. The fourth-order valence-electron chi connectivity index (χ4n) is 3.05. The molecule has 29 heavy (non-hydrogen) atoms. The van der Waals surface area contributed by atoms with Gasteiger partial charge in [-0.1, -0.05) is 51.1 Å². The second-order valence-electron chi connectivity index (χ2n) is 8.04. The van der Waals surface area contributed by atoms with Crippen LogP contribution in [-0.4, -0.2) is 16.8 Å². The third-order valence-corrected chi connectivity index (χ3v) is 4.52. The molecule has 0 aliphatic carbocycles. The van der Waals surface area contributed by atoms with Gasteiger partial charge in [0.05, 0.1) is 11.1 Å². The Morgan fingerprint density at radius 3 is 2.14 bits per heavy atom. The molecule has 0 fully saturated rings. The number of para-hydroxylation sites is 1. The van der Waals surface area contributed by atoms with Gasteiger partial charge in [0, 0.05) is 23.8 Å². The summed E-state index contributed by atoms with van der Waals surface area (Å²) in [4.78, 5) is 29.4. The highest BCUT2D eigenvalue weighted by atomic mass is 16.2. The third-order valence-electron chi connectivity index (χ3n) is 4.52. The summed E-state index contributed by atoms with van der Waals surface area (Å²) in [7, 11) is 0. The average molecular weight is 387 g/mol. The molecule has 2 amide bonds. The number of carbonyl (C=O) groups excluding carboxylic acids is 2. The molecular weight excluding hydrogens is 362 g/mol. The quantitative estimate of drug-likeness (QED) is 0.647. The van der Waals surface area contributed by atoms with Gasteiger partial charge in [-0.25, -0.2) is 0 Å². The summed E-state index contributed by atoms with van der Waals surface area (Å²) >= 11 is 0. The first kappa shape index (κ1) is 20.3. The van der Waals surface area contributed by atoms with Crippen LogP contribution in [0.2, 0.25) is 0 Å². The summed E-state index contributed by atoms with van der Waals surface area (Å²) in [6, 6.07) is 16.8. The van der Waals surface area contributed by atoms with Crippen molar-refractivity contribution in [3.63, 3.8) is 0 Å². The van der Waals surface area contributed by atoms with Crippen molar-refractivity contribution in [2.75, 3.05) is 10.6 Å². The highest BCUT2D eigenvalue weighted by Gasteiger charge is 2.19. The second kappa shape index (κ2) is 8.27. The number of nitrogens with one attached hydrogen (secondary N) is 2. The van der Waals surface area contributed by atoms with Gasteiger partial charge in [-0.3, -0.25) is 14.6 Å². The third kappa shape index (κ3) is 5.08. The summed E-state index contributed by atoms with van der Waals surface area (Å²) in [6.07, 6.45) is 2.91. The zero-order valence-corrected chi connectivity index (χ0v) is 17.1. The van der Waals surface area contributed by atoms with Crippen LogP contribution < -0.4 is 10.6 Å². The topological polar surface area (TPSA) is 71.1 Å². The maximum absolute atomic E-state index is 12.8. The van der Waals surface area contributed by atoms with Crippen LogP contribution in [-0.2, 0) is 5.41 Å². The zero-order chi connectivity index (χ0) is 21.0. The lowest BCUT2D eigenvalue weighted by Gasteiger charge is -2.23. The maximum atomic E-state index is 12.8. The highest BCUT2D eigenvalue weighted by Crippen LogP contribution is 2.29. The fourth-order valence-corrected chi connectivity index (χ4v) is 3.05. The monoisotopic (exact) mass is 387 g/mol. The smallest absolute Gasteiger partial charge is 0.257 e. The minimum atomic E-state index is -0.312. The molecule has 0 bridgehead atoms. The van der Waals surface area contributed by atoms with E-state index in [0.29, 0.717) is 16.8 Å². The average Bonchev–Trinajstić information content (AvgIpc) is 2.67. The van der Waals surface area contributed by atoms with E-state index in [9.17, 15) is 9.59 Å². The molecule has 3 aromatic rings. The van der Waals surface area contributed by atoms with E-state index < -0.39 is 0 Å². The van der Waals surface area contributed by atoms with Crippen LogP contribution in [0.1, 0.15) is 52.6 Å². The van der Waals surface area contributed by atoms with E-state index in [4.69, 9.17) is 0 Å². The molecule has 0 saturated carbocycles. The predicted molar refractivity (Wildman–Crippen MR) is 116 cm³/mol. The zero-order valence-electron chi connectivity index (χ0n) is 17.1. The van der Waals surface area contributed by atoms with Crippen LogP contribution >= 0.6 is 0 Å². The molecule has 0 unspecified atom stereocenters. The molecule has 0 saturated heterocycles. The van der Waals surface area contributed by atoms with Gasteiger partial charge >= 0.3 is 0 Å². The number of hydrogen-bond donors (Lipinski definition) is 2. The van der Waals surface area contributed by atoms with Crippen molar-refractivity contribution < 1.29 is 9.59 Å². The van der Waals surface area contributed by atoms with Gasteiger partial charge < -0.3 is 10.6 Å². The Balaban J connectivity index is 1.79. The molecule has 2 aromatic carbocycles. The first-order valence-corrected chi connectivity index (χ1v) is 9.48. The van der Waals surface area contributed by atoms with Crippen LogP contribution in [0.15, 0.2) is 67.0 Å². The molecule has 3 rings (SSSR count). The number of rotatable bonds is 4. The van der Waals surface area contributed by atoms with Crippen molar-refractivity contribution in [3.8, 4) is 0 Å². The summed E-state index contributed by atoms with van der Waals surface area (Å²) < 4.78 is 0. The van der Waals surface area contributed by atoms with Crippen molar-refractivity contribution in [1.29, 1.82) is 0 Å². The summed E-state index contributed by atoms with van der Waals surface area (Å²) in [5.41, 5.74) is 4.07. The first-order chi connectivity index (χ1) is 13.7. The lowest BCUT2D eigenvalue weighted by atomic mass is 9.86. The van der Waals surface area contributed by atoms with E-state index >= 15 is 0 Å². The van der Waals surface area contributed by atoms with Crippen molar-refractivity contribution in [2.24, 2.45) is 0 Å². The molecule has 1 aromatic heterocycles. The SMILES string of the molecule is Cc1cccc(NC(=O)c2cncc(C(=O)Nc3ccccc3C(C)(C)C)c2)c1.